The van der Waals surface area contributed by atoms with Crippen LogP contribution in [0.1, 0.15) is 44.7 Å². The molecule has 160 valence electrons. The van der Waals surface area contributed by atoms with Crippen LogP contribution in [0.25, 0.3) is 10.4 Å². The summed E-state index contributed by atoms with van der Waals surface area (Å²) in [7, 11) is 0. The summed E-state index contributed by atoms with van der Waals surface area (Å²) in [6, 6.07) is 27.3. The van der Waals surface area contributed by atoms with Crippen molar-refractivity contribution in [1.29, 1.82) is 0 Å². The highest BCUT2D eigenvalue weighted by Crippen LogP contribution is 2.29. The lowest BCUT2D eigenvalue weighted by molar-refractivity contribution is 0.0977. The van der Waals surface area contributed by atoms with E-state index in [4.69, 9.17) is 0 Å². The van der Waals surface area contributed by atoms with Crippen molar-refractivity contribution in [3.05, 3.63) is 113 Å². The lowest BCUT2D eigenvalue weighted by atomic mass is 10.0. The number of hydrogen-bond acceptors (Lipinski definition) is 3. The van der Waals surface area contributed by atoms with E-state index in [2.05, 4.69) is 29.6 Å². The van der Waals surface area contributed by atoms with E-state index in [0.717, 1.165) is 34.5 Å². The van der Waals surface area contributed by atoms with E-state index in [0.29, 0.717) is 17.5 Å². The zero-order valence-electron chi connectivity index (χ0n) is 18.0. The number of aryl methyl sites for hydroxylation is 2. The summed E-state index contributed by atoms with van der Waals surface area (Å²) in [6.45, 7) is 1.98. The Kier molecular flexibility index (Phi) is 6.93. The van der Waals surface area contributed by atoms with Crippen LogP contribution in [0.15, 0.2) is 90.3 Å². The third-order valence-electron chi connectivity index (χ3n) is 5.47. The standard InChI is InChI=1S/C28H25NO2S/c1-20-12-13-24(27-11-6-18-32-27)19-25(20)29-28(31)23-16-14-22(15-17-23)26(30)10-5-9-21-7-3-2-4-8-21/h2-4,6-8,11-19H,5,9-10H2,1H3,(H,29,31). The molecule has 0 aliphatic rings. The van der Waals surface area contributed by atoms with Crippen LogP contribution in [0.3, 0.4) is 0 Å². The summed E-state index contributed by atoms with van der Waals surface area (Å²) < 4.78 is 0. The highest BCUT2D eigenvalue weighted by molar-refractivity contribution is 7.13. The Hall–Kier alpha value is -3.50. The van der Waals surface area contributed by atoms with E-state index in [1.54, 1.807) is 35.6 Å². The van der Waals surface area contributed by atoms with E-state index in [-0.39, 0.29) is 11.7 Å². The van der Waals surface area contributed by atoms with E-state index >= 15 is 0 Å². The zero-order valence-corrected chi connectivity index (χ0v) is 18.8. The van der Waals surface area contributed by atoms with Gasteiger partial charge in [-0.25, -0.2) is 0 Å². The molecule has 1 amide bonds. The number of carbonyl (C=O) groups excluding carboxylic acids is 2. The molecule has 0 saturated carbocycles. The average Bonchev–Trinajstić information content (AvgIpc) is 3.36. The molecule has 0 saturated heterocycles. The first-order valence-electron chi connectivity index (χ1n) is 10.7. The fourth-order valence-corrected chi connectivity index (χ4v) is 4.32. The monoisotopic (exact) mass is 439 g/mol. The van der Waals surface area contributed by atoms with Gasteiger partial charge in [-0.3, -0.25) is 9.59 Å². The summed E-state index contributed by atoms with van der Waals surface area (Å²) in [5.41, 5.74) is 5.30. The maximum Gasteiger partial charge on any atom is 0.255 e. The van der Waals surface area contributed by atoms with Crippen LogP contribution in [0.2, 0.25) is 0 Å². The summed E-state index contributed by atoms with van der Waals surface area (Å²) >= 11 is 1.67. The van der Waals surface area contributed by atoms with Crippen LogP contribution < -0.4 is 5.32 Å². The van der Waals surface area contributed by atoms with Gasteiger partial charge < -0.3 is 5.32 Å². The molecule has 0 fully saturated rings. The maximum atomic E-state index is 12.8. The Morgan fingerprint density at radius 2 is 1.59 bits per heavy atom. The van der Waals surface area contributed by atoms with Gasteiger partial charge in [0.1, 0.15) is 0 Å². The molecule has 0 aliphatic heterocycles. The second-order valence-corrected chi connectivity index (χ2v) is 8.75. The molecule has 3 nitrogen and oxygen atoms in total. The molecule has 0 unspecified atom stereocenters. The second kappa shape index (κ2) is 10.2. The van der Waals surface area contributed by atoms with Crippen LogP contribution in [0.4, 0.5) is 5.69 Å². The van der Waals surface area contributed by atoms with Gasteiger partial charge >= 0.3 is 0 Å². The van der Waals surface area contributed by atoms with E-state index < -0.39 is 0 Å². The van der Waals surface area contributed by atoms with Gasteiger partial charge in [0.15, 0.2) is 5.78 Å². The Morgan fingerprint density at radius 1 is 0.844 bits per heavy atom. The van der Waals surface area contributed by atoms with Gasteiger partial charge in [-0.1, -0.05) is 60.7 Å². The lowest BCUT2D eigenvalue weighted by Gasteiger charge is -2.11. The van der Waals surface area contributed by atoms with Gasteiger partial charge in [0.05, 0.1) is 0 Å². The molecule has 1 N–H and O–H groups in total. The molecule has 1 aromatic heterocycles. The first-order valence-corrected chi connectivity index (χ1v) is 11.6. The first kappa shape index (κ1) is 21.7. The second-order valence-electron chi connectivity index (χ2n) is 7.80. The number of anilines is 1. The molecule has 0 aliphatic carbocycles. The number of Topliss-reactive ketones (excluding diaryl/α,β-unsaturated/α-hetero) is 1. The van der Waals surface area contributed by atoms with Crippen molar-refractivity contribution in [3.63, 3.8) is 0 Å². The van der Waals surface area contributed by atoms with Crippen molar-refractivity contribution >= 4 is 28.7 Å². The van der Waals surface area contributed by atoms with Crippen molar-refractivity contribution in [1.82, 2.24) is 0 Å². The van der Waals surface area contributed by atoms with Gasteiger partial charge in [-0.05, 0) is 66.1 Å². The molecule has 4 rings (SSSR count). The van der Waals surface area contributed by atoms with Gasteiger partial charge in [-0.15, -0.1) is 11.3 Å². The number of nitrogens with one attached hydrogen (secondary N) is 1. The molecule has 3 aromatic carbocycles. The minimum Gasteiger partial charge on any atom is -0.322 e. The SMILES string of the molecule is Cc1ccc(-c2cccs2)cc1NC(=O)c1ccc(C(=O)CCCc2ccccc2)cc1. The van der Waals surface area contributed by atoms with Crippen LogP contribution in [-0.4, -0.2) is 11.7 Å². The molecule has 0 atom stereocenters. The minimum atomic E-state index is -0.181. The highest BCUT2D eigenvalue weighted by atomic mass is 32.1. The molecule has 32 heavy (non-hydrogen) atoms. The van der Waals surface area contributed by atoms with Gasteiger partial charge in [0.2, 0.25) is 0 Å². The molecule has 1 heterocycles. The summed E-state index contributed by atoms with van der Waals surface area (Å²) in [4.78, 5) is 26.4. The minimum absolute atomic E-state index is 0.104. The van der Waals surface area contributed by atoms with Crippen molar-refractivity contribution in [2.45, 2.75) is 26.2 Å². The van der Waals surface area contributed by atoms with Crippen molar-refractivity contribution in [2.24, 2.45) is 0 Å². The van der Waals surface area contributed by atoms with E-state index in [9.17, 15) is 9.59 Å². The Balaban J connectivity index is 1.37. The molecular formula is C28H25NO2S. The van der Waals surface area contributed by atoms with Crippen molar-refractivity contribution < 1.29 is 9.59 Å². The fraction of sp³-hybridized carbons (Fsp3) is 0.143. The molecular weight excluding hydrogens is 414 g/mol. The normalized spacial score (nSPS) is 10.7. The first-order chi connectivity index (χ1) is 15.6. The molecule has 4 aromatic rings. The third kappa shape index (κ3) is 5.40. The number of amides is 1. The predicted molar refractivity (Wildman–Crippen MR) is 133 cm³/mol. The number of rotatable bonds is 8. The number of ketones is 1. The summed E-state index contributed by atoms with van der Waals surface area (Å²) in [5, 5.41) is 5.05. The number of hydrogen-bond donors (Lipinski definition) is 1. The number of carbonyl (C=O) groups is 2. The number of benzene rings is 3. The fourth-order valence-electron chi connectivity index (χ4n) is 3.60. The Morgan fingerprint density at radius 3 is 2.31 bits per heavy atom. The molecule has 0 bridgehead atoms. The quantitative estimate of drug-likeness (QED) is 0.296. The Labute approximate surface area is 192 Å². The third-order valence-corrected chi connectivity index (χ3v) is 6.39. The van der Waals surface area contributed by atoms with E-state index in [1.165, 1.54) is 5.56 Å². The van der Waals surface area contributed by atoms with Gasteiger partial charge in [-0.2, -0.15) is 0 Å². The van der Waals surface area contributed by atoms with Crippen LogP contribution in [0, 0.1) is 6.92 Å². The maximum absolute atomic E-state index is 12.8. The largest absolute Gasteiger partial charge is 0.322 e. The lowest BCUT2D eigenvalue weighted by Crippen LogP contribution is -2.13. The highest BCUT2D eigenvalue weighted by Gasteiger charge is 2.11. The Bertz CT molecular complexity index is 1200. The number of thiophene rings is 1. The predicted octanol–water partition coefficient (Wildman–Crippen LogP) is 7.18. The van der Waals surface area contributed by atoms with Crippen LogP contribution >= 0.6 is 11.3 Å². The molecule has 0 radical (unpaired) electrons. The van der Waals surface area contributed by atoms with Gasteiger partial charge in [0.25, 0.3) is 5.91 Å². The molecule has 4 heteroatoms. The summed E-state index contributed by atoms with van der Waals surface area (Å²) in [5.74, 6) is -0.0770. The van der Waals surface area contributed by atoms with Crippen molar-refractivity contribution in [3.8, 4) is 10.4 Å². The van der Waals surface area contributed by atoms with Gasteiger partial charge in [0, 0.05) is 28.1 Å². The van der Waals surface area contributed by atoms with Crippen LogP contribution in [-0.2, 0) is 6.42 Å². The summed E-state index contributed by atoms with van der Waals surface area (Å²) in [6.07, 6.45) is 2.19. The van der Waals surface area contributed by atoms with Crippen molar-refractivity contribution in [2.75, 3.05) is 5.32 Å². The van der Waals surface area contributed by atoms with E-state index in [1.807, 2.05) is 48.7 Å². The molecule has 0 spiro atoms. The topological polar surface area (TPSA) is 46.2 Å². The zero-order chi connectivity index (χ0) is 22.3. The average molecular weight is 440 g/mol. The van der Waals surface area contributed by atoms with Crippen LogP contribution in [0.5, 0.6) is 0 Å². The smallest absolute Gasteiger partial charge is 0.255 e.